The molecule has 0 radical (unpaired) electrons. The fraction of sp³-hybridized carbons (Fsp3) is 0.889. The molecule has 0 atom stereocenters. The van der Waals surface area contributed by atoms with Crippen LogP contribution in [0.2, 0.25) is 0 Å². The largest absolute Gasteiger partial charge is 0.396 e. The average Bonchev–Trinajstić information content (AvgIpc) is 2.43. The van der Waals surface area contributed by atoms with Gasteiger partial charge in [-0.3, -0.25) is 0 Å². The highest BCUT2D eigenvalue weighted by atomic mass is 16.2. The van der Waals surface area contributed by atoms with Gasteiger partial charge in [-0.2, -0.15) is 0 Å². The van der Waals surface area contributed by atoms with Crippen LogP contribution in [-0.2, 0) is 0 Å². The molecule has 0 aromatic heterocycles. The lowest BCUT2D eigenvalue weighted by atomic mass is 10.1. The molecule has 0 saturated carbocycles. The monoisotopic (exact) mass is 268 g/mol. The van der Waals surface area contributed by atoms with Crippen molar-refractivity contribution in [2.24, 2.45) is 0 Å². The molecular weight excluding hydrogens is 232 g/mol. The Morgan fingerprint density at radius 2 is 1.00 bits per heavy atom. The Hall–Kier alpha value is -0.300. The van der Waals surface area contributed by atoms with E-state index in [-0.39, 0.29) is 0 Å². The van der Waals surface area contributed by atoms with Gasteiger partial charge in [0.15, 0.2) is 0 Å². The Balaban J connectivity index is 2.95. The minimum atomic E-state index is 0.369. The first-order chi connectivity index (χ1) is 9.41. The summed E-state index contributed by atoms with van der Waals surface area (Å²) in [6, 6.07) is 0. The number of rotatable bonds is 15. The Morgan fingerprint density at radius 1 is 0.579 bits per heavy atom. The molecule has 0 aromatic rings. The van der Waals surface area contributed by atoms with Crippen molar-refractivity contribution in [1.82, 2.24) is 0 Å². The van der Waals surface area contributed by atoms with Crippen LogP contribution in [0.15, 0.2) is 12.2 Å². The third-order valence-electron chi connectivity index (χ3n) is 3.65. The van der Waals surface area contributed by atoms with Crippen LogP contribution in [0, 0.1) is 0 Å². The van der Waals surface area contributed by atoms with Crippen LogP contribution in [0.3, 0.4) is 0 Å². The predicted octanol–water partition coefficient (Wildman–Crippen LogP) is 6.02. The topological polar surface area (TPSA) is 20.2 Å². The van der Waals surface area contributed by atoms with E-state index in [9.17, 15) is 0 Å². The van der Waals surface area contributed by atoms with E-state index in [1.807, 2.05) is 0 Å². The van der Waals surface area contributed by atoms with Crippen LogP contribution in [-0.4, -0.2) is 11.7 Å². The minimum Gasteiger partial charge on any atom is -0.396 e. The maximum absolute atomic E-state index is 8.67. The molecule has 0 saturated heterocycles. The molecule has 1 N–H and O–H groups in total. The molecule has 0 unspecified atom stereocenters. The van der Waals surface area contributed by atoms with Crippen LogP contribution in [0.1, 0.15) is 96.8 Å². The summed E-state index contributed by atoms with van der Waals surface area (Å²) in [5.41, 5.74) is 0. The van der Waals surface area contributed by atoms with Crippen molar-refractivity contribution >= 4 is 0 Å². The smallest absolute Gasteiger partial charge is 0.0431 e. The molecular formula is C18H36O. The molecule has 0 bridgehead atoms. The van der Waals surface area contributed by atoms with E-state index in [1.165, 1.54) is 83.5 Å². The first kappa shape index (κ1) is 18.7. The standard InChI is InChI=1S/C18H36O/c1-2-3-4-5-6-7-8-9-10-11-12-13-14-15-16-17-18-19/h4-5,19H,2-3,6-18H2,1H3. The van der Waals surface area contributed by atoms with Gasteiger partial charge in [-0.15, -0.1) is 0 Å². The van der Waals surface area contributed by atoms with E-state index in [0.717, 1.165) is 6.42 Å². The maximum atomic E-state index is 8.67. The molecule has 0 heterocycles. The molecule has 0 aliphatic carbocycles. The summed E-state index contributed by atoms with van der Waals surface area (Å²) >= 11 is 0. The Bertz CT molecular complexity index is 175. The van der Waals surface area contributed by atoms with Gasteiger partial charge in [0.05, 0.1) is 0 Å². The van der Waals surface area contributed by atoms with E-state index in [4.69, 9.17) is 5.11 Å². The summed E-state index contributed by atoms with van der Waals surface area (Å²) in [6.45, 7) is 2.60. The van der Waals surface area contributed by atoms with Crippen LogP contribution in [0.5, 0.6) is 0 Å². The number of aliphatic hydroxyl groups is 1. The van der Waals surface area contributed by atoms with E-state index >= 15 is 0 Å². The highest BCUT2D eigenvalue weighted by Crippen LogP contribution is 2.12. The normalized spacial score (nSPS) is 11.5. The van der Waals surface area contributed by atoms with Gasteiger partial charge in [0.25, 0.3) is 0 Å². The van der Waals surface area contributed by atoms with Crippen molar-refractivity contribution in [3.63, 3.8) is 0 Å². The van der Waals surface area contributed by atoms with Crippen LogP contribution >= 0.6 is 0 Å². The Morgan fingerprint density at radius 3 is 1.47 bits per heavy atom. The fourth-order valence-electron chi connectivity index (χ4n) is 2.37. The zero-order valence-corrected chi connectivity index (χ0v) is 13.2. The van der Waals surface area contributed by atoms with Crippen molar-refractivity contribution in [1.29, 1.82) is 0 Å². The van der Waals surface area contributed by atoms with Crippen molar-refractivity contribution in [2.75, 3.05) is 6.61 Å². The van der Waals surface area contributed by atoms with Gasteiger partial charge in [0.2, 0.25) is 0 Å². The second-order valence-electron chi connectivity index (χ2n) is 5.66. The summed E-state index contributed by atoms with van der Waals surface area (Å²) in [6.07, 6.45) is 23.2. The molecule has 0 spiro atoms. The highest BCUT2D eigenvalue weighted by Gasteiger charge is 1.92. The van der Waals surface area contributed by atoms with E-state index in [2.05, 4.69) is 19.1 Å². The first-order valence-corrected chi connectivity index (χ1v) is 8.67. The average molecular weight is 268 g/mol. The number of allylic oxidation sites excluding steroid dienone is 2. The third kappa shape index (κ3) is 17.7. The van der Waals surface area contributed by atoms with E-state index < -0.39 is 0 Å². The number of hydrogen-bond acceptors (Lipinski definition) is 1. The van der Waals surface area contributed by atoms with Gasteiger partial charge in [0.1, 0.15) is 0 Å². The minimum absolute atomic E-state index is 0.369. The van der Waals surface area contributed by atoms with Gasteiger partial charge in [-0.25, -0.2) is 0 Å². The van der Waals surface area contributed by atoms with Crippen LogP contribution < -0.4 is 0 Å². The molecule has 0 rings (SSSR count). The fourth-order valence-corrected chi connectivity index (χ4v) is 2.37. The highest BCUT2D eigenvalue weighted by molar-refractivity contribution is 4.80. The van der Waals surface area contributed by atoms with Crippen molar-refractivity contribution < 1.29 is 5.11 Å². The third-order valence-corrected chi connectivity index (χ3v) is 3.65. The SMILES string of the molecule is CCCC=CCCCCCCCCCCCCCO. The predicted molar refractivity (Wildman–Crippen MR) is 86.5 cm³/mol. The van der Waals surface area contributed by atoms with Gasteiger partial charge in [-0.05, 0) is 25.7 Å². The number of hydrogen-bond donors (Lipinski definition) is 1. The molecule has 114 valence electrons. The van der Waals surface area contributed by atoms with Gasteiger partial charge < -0.3 is 5.11 Å². The quantitative estimate of drug-likeness (QED) is 0.284. The number of unbranched alkanes of at least 4 members (excludes halogenated alkanes) is 12. The van der Waals surface area contributed by atoms with Crippen molar-refractivity contribution in [2.45, 2.75) is 96.8 Å². The van der Waals surface area contributed by atoms with Crippen molar-refractivity contribution in [3.8, 4) is 0 Å². The lowest BCUT2D eigenvalue weighted by molar-refractivity contribution is 0.282. The summed E-state index contributed by atoms with van der Waals surface area (Å²) in [4.78, 5) is 0. The lowest BCUT2D eigenvalue weighted by Gasteiger charge is -2.02. The summed E-state index contributed by atoms with van der Waals surface area (Å²) in [7, 11) is 0. The van der Waals surface area contributed by atoms with Crippen LogP contribution in [0.4, 0.5) is 0 Å². The summed E-state index contributed by atoms with van der Waals surface area (Å²) in [5, 5.41) is 8.67. The number of aliphatic hydroxyl groups excluding tert-OH is 1. The molecule has 0 fully saturated rings. The first-order valence-electron chi connectivity index (χ1n) is 8.67. The van der Waals surface area contributed by atoms with E-state index in [1.54, 1.807) is 0 Å². The molecule has 19 heavy (non-hydrogen) atoms. The summed E-state index contributed by atoms with van der Waals surface area (Å²) in [5.74, 6) is 0. The Kier molecular flexibility index (Phi) is 17.4. The molecule has 0 aromatic carbocycles. The Labute approximate surface area is 121 Å². The summed E-state index contributed by atoms with van der Waals surface area (Å²) < 4.78 is 0. The van der Waals surface area contributed by atoms with E-state index in [0.29, 0.717) is 6.61 Å². The van der Waals surface area contributed by atoms with Crippen LogP contribution in [0.25, 0.3) is 0 Å². The van der Waals surface area contributed by atoms with Gasteiger partial charge in [0, 0.05) is 6.61 Å². The van der Waals surface area contributed by atoms with Crippen molar-refractivity contribution in [3.05, 3.63) is 12.2 Å². The van der Waals surface area contributed by atoms with Gasteiger partial charge >= 0.3 is 0 Å². The van der Waals surface area contributed by atoms with Gasteiger partial charge in [-0.1, -0.05) is 83.3 Å². The second kappa shape index (κ2) is 17.7. The maximum Gasteiger partial charge on any atom is 0.0431 e. The molecule has 1 heteroatoms. The lowest BCUT2D eigenvalue weighted by Crippen LogP contribution is -1.84. The molecule has 0 amide bonds. The zero-order chi connectivity index (χ0) is 14.0. The second-order valence-corrected chi connectivity index (χ2v) is 5.66. The molecule has 0 aliphatic rings. The zero-order valence-electron chi connectivity index (χ0n) is 13.2. The molecule has 0 aliphatic heterocycles. The molecule has 1 nitrogen and oxygen atoms in total.